The van der Waals surface area contributed by atoms with Gasteiger partial charge in [0, 0.05) is 6.42 Å². The number of methoxy groups -OCH3 is 2. The molecule has 0 radical (unpaired) electrons. The van der Waals surface area contributed by atoms with Gasteiger partial charge in [0.2, 0.25) is 5.91 Å². The molecule has 0 aliphatic rings. The number of carbonyl (C=O) groups excluding carboxylic acids is 4. The van der Waals surface area contributed by atoms with Crippen molar-refractivity contribution in [1.29, 1.82) is 0 Å². The van der Waals surface area contributed by atoms with Crippen LogP contribution in [0.3, 0.4) is 0 Å². The van der Waals surface area contributed by atoms with Crippen LogP contribution in [-0.2, 0) is 33.4 Å². The van der Waals surface area contributed by atoms with Gasteiger partial charge in [0.05, 0.1) is 33.7 Å². The number of amides is 1. The molecular formula is C15H23NO7. The summed E-state index contributed by atoms with van der Waals surface area (Å²) in [5.41, 5.74) is 0. The lowest BCUT2D eigenvalue weighted by Gasteiger charge is -2.14. The van der Waals surface area contributed by atoms with E-state index in [2.05, 4.69) is 14.8 Å². The Morgan fingerprint density at radius 1 is 1.00 bits per heavy atom. The van der Waals surface area contributed by atoms with Gasteiger partial charge in [-0.2, -0.15) is 0 Å². The molecule has 0 bridgehead atoms. The number of carbonyl (C=O) groups is 4. The molecule has 0 aromatic carbocycles. The van der Waals surface area contributed by atoms with Gasteiger partial charge in [-0.1, -0.05) is 12.2 Å². The lowest BCUT2D eigenvalue weighted by Crippen LogP contribution is -2.41. The van der Waals surface area contributed by atoms with Crippen LogP contribution in [0.5, 0.6) is 0 Å². The van der Waals surface area contributed by atoms with Crippen LogP contribution in [0.4, 0.5) is 0 Å². The molecule has 1 atom stereocenters. The predicted octanol–water partition coefficient (Wildman–Crippen LogP) is 0.497. The number of rotatable bonds is 10. The van der Waals surface area contributed by atoms with Gasteiger partial charge in [-0.25, -0.2) is 4.79 Å². The highest BCUT2D eigenvalue weighted by atomic mass is 16.5. The highest BCUT2D eigenvalue weighted by Crippen LogP contribution is 2.01. The van der Waals surface area contributed by atoms with Gasteiger partial charge in [-0.3, -0.25) is 14.4 Å². The molecule has 0 saturated carbocycles. The second kappa shape index (κ2) is 12.2. The lowest BCUT2D eigenvalue weighted by atomic mass is 10.1. The molecule has 0 aromatic rings. The maximum Gasteiger partial charge on any atom is 0.328 e. The standard InChI is InChI=1S/C15H23NO7/c1-4-23-14(19)10-9-12(17)16-11(15(20)22-3)7-5-6-8-13(18)21-2/h5-6,11H,4,7-10H2,1-3H3,(H,16,17)/b6-5+. The third-order valence-corrected chi connectivity index (χ3v) is 2.73. The third-order valence-electron chi connectivity index (χ3n) is 2.73. The normalized spacial score (nSPS) is 11.6. The Bertz CT molecular complexity index is 445. The Hall–Kier alpha value is -2.38. The zero-order valence-corrected chi connectivity index (χ0v) is 13.6. The molecule has 1 amide bonds. The molecule has 0 aliphatic heterocycles. The van der Waals surface area contributed by atoms with E-state index in [0.29, 0.717) is 0 Å². The molecular weight excluding hydrogens is 306 g/mol. The van der Waals surface area contributed by atoms with Crippen molar-refractivity contribution in [2.75, 3.05) is 20.8 Å². The van der Waals surface area contributed by atoms with E-state index < -0.39 is 29.9 Å². The van der Waals surface area contributed by atoms with E-state index in [1.54, 1.807) is 13.0 Å². The van der Waals surface area contributed by atoms with Gasteiger partial charge in [0.15, 0.2) is 0 Å². The van der Waals surface area contributed by atoms with Gasteiger partial charge in [0.25, 0.3) is 0 Å². The van der Waals surface area contributed by atoms with Crippen LogP contribution in [0.1, 0.15) is 32.6 Å². The van der Waals surface area contributed by atoms with Gasteiger partial charge in [-0.15, -0.1) is 0 Å². The van der Waals surface area contributed by atoms with Crippen molar-refractivity contribution in [2.45, 2.75) is 38.6 Å². The summed E-state index contributed by atoms with van der Waals surface area (Å²) in [7, 11) is 2.48. The molecule has 1 unspecified atom stereocenters. The fraction of sp³-hybridized carbons (Fsp3) is 0.600. The highest BCUT2D eigenvalue weighted by Gasteiger charge is 2.20. The zero-order chi connectivity index (χ0) is 17.7. The molecule has 8 heteroatoms. The number of hydrogen-bond acceptors (Lipinski definition) is 7. The van der Waals surface area contributed by atoms with Crippen molar-refractivity contribution in [3.63, 3.8) is 0 Å². The maximum atomic E-state index is 11.7. The first-order valence-corrected chi connectivity index (χ1v) is 7.19. The van der Waals surface area contributed by atoms with Gasteiger partial charge in [-0.05, 0) is 13.3 Å². The third kappa shape index (κ3) is 10.0. The van der Waals surface area contributed by atoms with Crippen molar-refractivity contribution in [3.8, 4) is 0 Å². The summed E-state index contributed by atoms with van der Waals surface area (Å²) in [6.45, 7) is 1.92. The topological polar surface area (TPSA) is 108 Å². The van der Waals surface area contributed by atoms with E-state index in [1.807, 2.05) is 0 Å². The Balaban J connectivity index is 4.38. The SMILES string of the molecule is CCOC(=O)CCC(=O)NC(C/C=C/CC(=O)OC)C(=O)OC. The summed E-state index contributed by atoms with van der Waals surface area (Å²) in [4.78, 5) is 45.5. The fourth-order valence-electron chi connectivity index (χ4n) is 1.57. The van der Waals surface area contributed by atoms with Crippen LogP contribution in [0, 0.1) is 0 Å². The van der Waals surface area contributed by atoms with Crippen molar-refractivity contribution in [2.24, 2.45) is 0 Å². The van der Waals surface area contributed by atoms with E-state index in [-0.39, 0.29) is 32.3 Å². The number of ether oxygens (including phenoxy) is 3. The van der Waals surface area contributed by atoms with Crippen LogP contribution >= 0.6 is 0 Å². The van der Waals surface area contributed by atoms with Crippen molar-refractivity contribution < 1.29 is 33.4 Å². The Morgan fingerprint density at radius 3 is 2.26 bits per heavy atom. The Kier molecular flexibility index (Phi) is 10.9. The number of hydrogen-bond donors (Lipinski definition) is 1. The minimum Gasteiger partial charge on any atom is -0.469 e. The maximum absolute atomic E-state index is 11.7. The predicted molar refractivity (Wildman–Crippen MR) is 80.2 cm³/mol. The largest absolute Gasteiger partial charge is 0.469 e. The van der Waals surface area contributed by atoms with E-state index in [9.17, 15) is 19.2 Å². The second-order valence-electron chi connectivity index (χ2n) is 4.44. The van der Waals surface area contributed by atoms with E-state index >= 15 is 0 Å². The molecule has 23 heavy (non-hydrogen) atoms. The average Bonchev–Trinajstić information content (AvgIpc) is 2.54. The van der Waals surface area contributed by atoms with Crippen molar-refractivity contribution in [3.05, 3.63) is 12.2 Å². The number of esters is 3. The van der Waals surface area contributed by atoms with Crippen LogP contribution in [0.2, 0.25) is 0 Å². The van der Waals surface area contributed by atoms with Crippen LogP contribution in [0.15, 0.2) is 12.2 Å². The molecule has 1 N–H and O–H groups in total. The van der Waals surface area contributed by atoms with Crippen LogP contribution < -0.4 is 5.32 Å². The minimum absolute atomic E-state index is 0.0637. The molecule has 0 heterocycles. The monoisotopic (exact) mass is 329 g/mol. The molecule has 0 fully saturated rings. The summed E-state index contributed by atoms with van der Waals surface area (Å²) >= 11 is 0. The Morgan fingerprint density at radius 2 is 1.70 bits per heavy atom. The van der Waals surface area contributed by atoms with E-state index in [4.69, 9.17) is 4.74 Å². The molecule has 130 valence electrons. The van der Waals surface area contributed by atoms with Gasteiger partial charge in [0.1, 0.15) is 6.04 Å². The molecule has 0 rings (SSSR count). The Labute approximate surface area is 135 Å². The van der Waals surface area contributed by atoms with Crippen LogP contribution in [-0.4, -0.2) is 50.7 Å². The summed E-state index contributed by atoms with van der Waals surface area (Å²) in [5.74, 6) is -1.96. The fourth-order valence-corrected chi connectivity index (χ4v) is 1.57. The summed E-state index contributed by atoms with van der Waals surface area (Å²) < 4.78 is 13.8. The molecule has 0 saturated heterocycles. The molecule has 0 aromatic heterocycles. The first kappa shape index (κ1) is 20.6. The second-order valence-corrected chi connectivity index (χ2v) is 4.44. The summed E-state index contributed by atoms with van der Waals surface area (Å²) in [6, 6.07) is -0.886. The molecule has 0 spiro atoms. The molecule has 8 nitrogen and oxygen atoms in total. The van der Waals surface area contributed by atoms with Gasteiger partial charge >= 0.3 is 17.9 Å². The first-order valence-electron chi connectivity index (χ1n) is 7.19. The quantitative estimate of drug-likeness (QED) is 0.353. The van der Waals surface area contributed by atoms with Crippen molar-refractivity contribution >= 4 is 23.8 Å². The van der Waals surface area contributed by atoms with Crippen LogP contribution in [0.25, 0.3) is 0 Å². The first-order chi connectivity index (χ1) is 10.9. The average molecular weight is 329 g/mol. The van der Waals surface area contributed by atoms with E-state index in [1.165, 1.54) is 20.3 Å². The number of nitrogens with one attached hydrogen (secondary N) is 1. The zero-order valence-electron chi connectivity index (χ0n) is 13.6. The lowest BCUT2D eigenvalue weighted by molar-refractivity contribution is -0.146. The highest BCUT2D eigenvalue weighted by molar-refractivity contribution is 5.86. The summed E-state index contributed by atoms with van der Waals surface area (Å²) in [5, 5.41) is 2.48. The van der Waals surface area contributed by atoms with Crippen molar-refractivity contribution in [1.82, 2.24) is 5.32 Å². The minimum atomic E-state index is -0.886. The van der Waals surface area contributed by atoms with Gasteiger partial charge < -0.3 is 19.5 Å². The smallest absolute Gasteiger partial charge is 0.328 e. The van der Waals surface area contributed by atoms with E-state index in [0.717, 1.165) is 0 Å². The summed E-state index contributed by atoms with van der Waals surface area (Å²) in [6.07, 6.45) is 3.19. The molecule has 0 aliphatic carbocycles.